The second kappa shape index (κ2) is 5.63. The van der Waals surface area contributed by atoms with E-state index < -0.39 is 0 Å². The molecule has 4 aliphatic carbocycles. The third kappa shape index (κ3) is 2.82. The molecule has 2 aromatic rings. The summed E-state index contributed by atoms with van der Waals surface area (Å²) >= 11 is 0. The highest BCUT2D eigenvalue weighted by Gasteiger charge is 2.60. The molecular formula is C26H33N. The Kier molecular flexibility index (Phi) is 3.61. The number of aryl methyl sites for hydroxylation is 2. The maximum Gasteiger partial charge on any atom is 0.0443 e. The highest BCUT2D eigenvalue weighted by molar-refractivity contribution is 5.66. The number of para-hydroxylation sites is 1. The third-order valence-electron chi connectivity index (χ3n) is 7.87. The lowest BCUT2D eigenvalue weighted by Gasteiger charge is -2.65. The average Bonchev–Trinajstić information content (AvgIpc) is 2.55. The molecule has 0 saturated heterocycles. The van der Waals surface area contributed by atoms with Gasteiger partial charge in [0.25, 0.3) is 0 Å². The Hall–Kier alpha value is -1.76. The second-order valence-corrected chi connectivity index (χ2v) is 10.9. The van der Waals surface area contributed by atoms with Crippen molar-refractivity contribution in [2.24, 2.45) is 16.7 Å². The van der Waals surface area contributed by atoms with E-state index in [9.17, 15) is 0 Å². The van der Waals surface area contributed by atoms with E-state index in [-0.39, 0.29) is 0 Å². The Labute approximate surface area is 164 Å². The Morgan fingerprint density at radius 1 is 0.778 bits per heavy atom. The van der Waals surface area contributed by atoms with E-state index in [0.29, 0.717) is 16.2 Å². The Bertz CT molecular complexity index is 839. The van der Waals surface area contributed by atoms with Crippen LogP contribution < -0.4 is 5.32 Å². The number of hydrogen-bond acceptors (Lipinski definition) is 1. The van der Waals surface area contributed by atoms with Crippen molar-refractivity contribution in [3.8, 4) is 0 Å². The summed E-state index contributed by atoms with van der Waals surface area (Å²) in [7, 11) is 0. The lowest BCUT2D eigenvalue weighted by molar-refractivity contribution is -0.109. The molecule has 1 nitrogen and oxygen atoms in total. The number of rotatable bonds is 3. The highest BCUT2D eigenvalue weighted by atomic mass is 14.9. The fourth-order valence-corrected chi connectivity index (χ4v) is 7.83. The standard InChI is InChI=1S/C26H33N/c1-18-6-5-7-19(2)23(18)27-22-10-8-21(9-11-22)26-14-20-12-24(3,16-26)15-25(4,13-20)17-26/h5-11,20,27H,12-17H2,1-4H3. The van der Waals surface area contributed by atoms with Gasteiger partial charge in [0.05, 0.1) is 0 Å². The van der Waals surface area contributed by atoms with Crippen molar-refractivity contribution < 1.29 is 0 Å². The Morgan fingerprint density at radius 3 is 1.93 bits per heavy atom. The molecule has 2 atom stereocenters. The van der Waals surface area contributed by atoms with Crippen LogP contribution in [0.25, 0.3) is 0 Å². The summed E-state index contributed by atoms with van der Waals surface area (Å²) in [5, 5.41) is 3.66. The fraction of sp³-hybridized carbons (Fsp3) is 0.538. The molecule has 0 heterocycles. The minimum absolute atomic E-state index is 0.431. The first-order valence-electron chi connectivity index (χ1n) is 10.7. The van der Waals surface area contributed by atoms with Crippen LogP contribution in [0.15, 0.2) is 42.5 Å². The molecule has 0 aromatic heterocycles. The Morgan fingerprint density at radius 2 is 1.37 bits per heavy atom. The summed E-state index contributed by atoms with van der Waals surface area (Å²) in [6, 6.07) is 16.0. The minimum atomic E-state index is 0.431. The van der Waals surface area contributed by atoms with Gasteiger partial charge in [-0.05, 0) is 103 Å². The Balaban J connectivity index is 1.44. The fourth-order valence-electron chi connectivity index (χ4n) is 7.83. The van der Waals surface area contributed by atoms with Gasteiger partial charge in [0.2, 0.25) is 0 Å². The SMILES string of the molecule is Cc1cccc(C)c1Nc1ccc(C23CC4CC(C)(CC(C)(C4)C2)C3)cc1. The molecule has 4 saturated carbocycles. The van der Waals surface area contributed by atoms with Gasteiger partial charge < -0.3 is 5.32 Å². The van der Waals surface area contributed by atoms with Crippen LogP contribution in [0.1, 0.15) is 69.1 Å². The van der Waals surface area contributed by atoms with Gasteiger partial charge in [0.15, 0.2) is 0 Å². The van der Waals surface area contributed by atoms with Crippen molar-refractivity contribution in [3.63, 3.8) is 0 Å². The molecule has 27 heavy (non-hydrogen) atoms. The van der Waals surface area contributed by atoms with E-state index in [2.05, 4.69) is 75.5 Å². The van der Waals surface area contributed by atoms with Gasteiger partial charge in [-0.3, -0.25) is 0 Å². The molecular weight excluding hydrogens is 326 g/mol. The van der Waals surface area contributed by atoms with Gasteiger partial charge in [-0.2, -0.15) is 0 Å². The van der Waals surface area contributed by atoms with E-state index in [1.54, 1.807) is 5.56 Å². The molecule has 1 heteroatoms. The van der Waals surface area contributed by atoms with Crippen LogP contribution in [0.5, 0.6) is 0 Å². The quantitative estimate of drug-likeness (QED) is 0.606. The monoisotopic (exact) mass is 359 g/mol. The summed E-state index contributed by atoms with van der Waals surface area (Å²) in [5.74, 6) is 0.948. The van der Waals surface area contributed by atoms with Crippen LogP contribution >= 0.6 is 0 Å². The van der Waals surface area contributed by atoms with Crippen molar-refractivity contribution in [1.82, 2.24) is 0 Å². The molecule has 4 bridgehead atoms. The molecule has 0 spiro atoms. The van der Waals surface area contributed by atoms with Crippen LogP contribution in [-0.2, 0) is 5.41 Å². The predicted octanol–water partition coefficient (Wildman–Crippen LogP) is 7.30. The van der Waals surface area contributed by atoms with Crippen LogP contribution in [0, 0.1) is 30.6 Å². The van der Waals surface area contributed by atoms with Crippen molar-refractivity contribution in [2.45, 2.75) is 71.6 Å². The molecule has 142 valence electrons. The molecule has 4 aliphatic rings. The molecule has 0 amide bonds. The van der Waals surface area contributed by atoms with Crippen molar-refractivity contribution in [2.75, 3.05) is 5.32 Å². The van der Waals surface area contributed by atoms with Gasteiger partial charge in [-0.15, -0.1) is 0 Å². The molecule has 4 fully saturated rings. The van der Waals surface area contributed by atoms with Gasteiger partial charge in [0.1, 0.15) is 0 Å². The number of hydrogen-bond donors (Lipinski definition) is 1. The number of nitrogens with one attached hydrogen (secondary N) is 1. The van der Waals surface area contributed by atoms with Crippen LogP contribution in [-0.4, -0.2) is 0 Å². The summed E-state index contributed by atoms with van der Waals surface area (Å²) in [4.78, 5) is 0. The van der Waals surface area contributed by atoms with Crippen molar-refractivity contribution in [3.05, 3.63) is 59.2 Å². The summed E-state index contributed by atoms with van der Waals surface area (Å²) in [6.45, 7) is 9.50. The summed E-state index contributed by atoms with van der Waals surface area (Å²) in [6.07, 6.45) is 8.60. The van der Waals surface area contributed by atoms with Crippen LogP contribution in [0.3, 0.4) is 0 Å². The predicted molar refractivity (Wildman–Crippen MR) is 115 cm³/mol. The van der Waals surface area contributed by atoms with Gasteiger partial charge in [-0.1, -0.05) is 44.2 Å². The largest absolute Gasteiger partial charge is 0.355 e. The van der Waals surface area contributed by atoms with Gasteiger partial charge >= 0.3 is 0 Å². The zero-order chi connectivity index (χ0) is 18.9. The van der Waals surface area contributed by atoms with E-state index >= 15 is 0 Å². The molecule has 0 aliphatic heterocycles. The van der Waals surface area contributed by atoms with E-state index in [0.717, 1.165) is 5.92 Å². The molecule has 2 unspecified atom stereocenters. The summed E-state index contributed by atoms with van der Waals surface area (Å²) < 4.78 is 0. The van der Waals surface area contributed by atoms with E-state index in [4.69, 9.17) is 0 Å². The number of anilines is 2. The van der Waals surface area contributed by atoms with E-state index in [1.165, 1.54) is 61.0 Å². The maximum atomic E-state index is 3.66. The molecule has 0 radical (unpaired) electrons. The first-order valence-corrected chi connectivity index (χ1v) is 10.7. The summed E-state index contributed by atoms with van der Waals surface area (Å²) in [5.41, 5.74) is 8.24. The lowest BCUT2D eigenvalue weighted by atomic mass is 9.39. The van der Waals surface area contributed by atoms with Gasteiger partial charge in [-0.25, -0.2) is 0 Å². The topological polar surface area (TPSA) is 12.0 Å². The first kappa shape index (κ1) is 17.3. The lowest BCUT2D eigenvalue weighted by Crippen LogP contribution is -2.56. The zero-order valence-corrected chi connectivity index (χ0v) is 17.4. The maximum absolute atomic E-state index is 3.66. The molecule has 2 aromatic carbocycles. The average molecular weight is 360 g/mol. The normalized spacial score (nSPS) is 36.8. The second-order valence-electron chi connectivity index (χ2n) is 10.9. The van der Waals surface area contributed by atoms with Crippen LogP contribution in [0.4, 0.5) is 11.4 Å². The van der Waals surface area contributed by atoms with Gasteiger partial charge in [0, 0.05) is 11.4 Å². The highest BCUT2D eigenvalue weighted by Crippen LogP contribution is 2.69. The zero-order valence-electron chi connectivity index (χ0n) is 17.4. The first-order chi connectivity index (χ1) is 12.8. The van der Waals surface area contributed by atoms with Crippen molar-refractivity contribution in [1.29, 1.82) is 0 Å². The molecule has 1 N–H and O–H groups in total. The third-order valence-corrected chi connectivity index (χ3v) is 7.87. The number of benzene rings is 2. The smallest absolute Gasteiger partial charge is 0.0443 e. The van der Waals surface area contributed by atoms with E-state index in [1.807, 2.05) is 0 Å². The van der Waals surface area contributed by atoms with Crippen LogP contribution in [0.2, 0.25) is 0 Å². The van der Waals surface area contributed by atoms with Crippen molar-refractivity contribution >= 4 is 11.4 Å². The molecule has 6 rings (SSSR count). The minimum Gasteiger partial charge on any atom is -0.355 e.